The molecule has 66 valence electrons. The molecule has 0 amide bonds. The first-order chi connectivity index (χ1) is 5.52. The third-order valence-corrected chi connectivity index (χ3v) is 1.49. The Morgan fingerprint density at radius 1 is 1.17 bits per heavy atom. The Labute approximate surface area is 69.6 Å². The summed E-state index contributed by atoms with van der Waals surface area (Å²) in [5.74, 6) is -1.28. The van der Waals surface area contributed by atoms with Gasteiger partial charge in [-0.3, -0.25) is 0 Å². The molecule has 0 aliphatic rings. The van der Waals surface area contributed by atoms with Gasteiger partial charge in [0.15, 0.2) is 11.6 Å². The van der Waals surface area contributed by atoms with Crippen LogP contribution in [0.2, 0.25) is 0 Å². The van der Waals surface area contributed by atoms with Crippen molar-refractivity contribution in [3.05, 3.63) is 23.8 Å². The Balaban J connectivity index is 3.28. The largest absolute Gasteiger partial charge is 0.399 e. The molecule has 1 rings (SSSR count). The average molecular weight is 172 g/mol. The summed E-state index contributed by atoms with van der Waals surface area (Å²) in [6.07, 6.45) is 0. The van der Waals surface area contributed by atoms with Crippen LogP contribution >= 0.6 is 0 Å². The van der Waals surface area contributed by atoms with Crippen molar-refractivity contribution in [2.45, 2.75) is 0 Å². The summed E-state index contributed by atoms with van der Waals surface area (Å²) in [6, 6.07) is 2.19. The maximum Gasteiger partial charge on any atom is 0.151 e. The molecule has 4 heteroatoms. The molecule has 0 aromatic heterocycles. The van der Waals surface area contributed by atoms with Crippen molar-refractivity contribution in [1.82, 2.24) is 0 Å². The van der Waals surface area contributed by atoms with Crippen LogP contribution in [0.3, 0.4) is 0 Å². The van der Waals surface area contributed by atoms with Gasteiger partial charge in [-0.25, -0.2) is 8.78 Å². The fourth-order valence-corrected chi connectivity index (χ4v) is 1.01. The zero-order chi connectivity index (χ0) is 9.30. The van der Waals surface area contributed by atoms with Crippen molar-refractivity contribution in [3.8, 4) is 0 Å². The quantitative estimate of drug-likeness (QED) is 0.652. The Hall–Kier alpha value is -1.32. The maximum absolute atomic E-state index is 13.0. The second-order valence-electron chi connectivity index (χ2n) is 2.73. The predicted molar refractivity (Wildman–Crippen MR) is 45.1 cm³/mol. The van der Waals surface area contributed by atoms with Gasteiger partial charge in [-0.1, -0.05) is 0 Å². The van der Waals surface area contributed by atoms with Crippen molar-refractivity contribution in [2.75, 3.05) is 24.7 Å². The van der Waals surface area contributed by atoms with Gasteiger partial charge < -0.3 is 10.6 Å². The molecule has 0 bridgehead atoms. The lowest BCUT2D eigenvalue weighted by Gasteiger charge is -2.14. The Morgan fingerprint density at radius 3 is 1.92 bits per heavy atom. The number of nitrogen functional groups attached to an aromatic ring is 1. The van der Waals surface area contributed by atoms with Gasteiger partial charge in [0.1, 0.15) is 5.69 Å². The van der Waals surface area contributed by atoms with Crippen LogP contribution in [0.5, 0.6) is 0 Å². The van der Waals surface area contributed by atoms with Crippen LogP contribution in [0, 0.1) is 11.6 Å². The first-order valence-electron chi connectivity index (χ1n) is 3.44. The van der Waals surface area contributed by atoms with Crippen molar-refractivity contribution in [3.63, 3.8) is 0 Å². The van der Waals surface area contributed by atoms with Gasteiger partial charge >= 0.3 is 0 Å². The Kier molecular flexibility index (Phi) is 2.17. The van der Waals surface area contributed by atoms with E-state index in [-0.39, 0.29) is 11.4 Å². The predicted octanol–water partition coefficient (Wildman–Crippen LogP) is 1.61. The molecule has 0 saturated heterocycles. The van der Waals surface area contributed by atoms with Crippen LogP contribution in [-0.2, 0) is 0 Å². The summed E-state index contributed by atoms with van der Waals surface area (Å²) in [5, 5.41) is 0. The van der Waals surface area contributed by atoms with Crippen LogP contribution in [0.1, 0.15) is 0 Å². The molecular formula is C8H10F2N2. The van der Waals surface area contributed by atoms with Crippen molar-refractivity contribution in [2.24, 2.45) is 0 Å². The molecule has 1 aromatic rings. The average Bonchev–Trinajstić information content (AvgIpc) is 1.82. The highest BCUT2D eigenvalue weighted by Crippen LogP contribution is 2.23. The van der Waals surface area contributed by atoms with E-state index in [2.05, 4.69) is 0 Å². The fourth-order valence-electron chi connectivity index (χ4n) is 1.01. The first-order valence-corrected chi connectivity index (χ1v) is 3.44. The van der Waals surface area contributed by atoms with Crippen LogP contribution in [-0.4, -0.2) is 14.1 Å². The second kappa shape index (κ2) is 2.97. The van der Waals surface area contributed by atoms with E-state index in [9.17, 15) is 8.78 Å². The molecule has 2 nitrogen and oxygen atoms in total. The number of anilines is 2. The summed E-state index contributed by atoms with van der Waals surface area (Å²) < 4.78 is 26.0. The first kappa shape index (κ1) is 8.77. The molecule has 1 aromatic carbocycles. The number of halogens is 2. The van der Waals surface area contributed by atoms with E-state index in [1.807, 2.05) is 0 Å². The number of nitrogens with zero attached hydrogens (tertiary/aromatic N) is 1. The van der Waals surface area contributed by atoms with E-state index in [4.69, 9.17) is 5.73 Å². The van der Waals surface area contributed by atoms with Gasteiger partial charge in [-0.05, 0) is 12.1 Å². The normalized spacial score (nSPS) is 10.0. The van der Waals surface area contributed by atoms with E-state index >= 15 is 0 Å². The van der Waals surface area contributed by atoms with E-state index in [0.717, 1.165) is 12.1 Å². The molecule has 0 aliphatic heterocycles. The highest BCUT2D eigenvalue weighted by atomic mass is 19.1. The van der Waals surface area contributed by atoms with Gasteiger partial charge in [0.05, 0.1) is 0 Å². The number of rotatable bonds is 1. The Morgan fingerprint density at radius 2 is 1.58 bits per heavy atom. The molecular weight excluding hydrogens is 162 g/mol. The summed E-state index contributed by atoms with van der Waals surface area (Å²) in [5.41, 5.74) is 5.26. The van der Waals surface area contributed by atoms with E-state index in [1.165, 1.54) is 4.90 Å². The topological polar surface area (TPSA) is 29.3 Å². The highest BCUT2D eigenvalue weighted by Gasteiger charge is 2.11. The zero-order valence-electron chi connectivity index (χ0n) is 6.94. The molecule has 0 heterocycles. The Bertz CT molecular complexity index is 274. The van der Waals surface area contributed by atoms with E-state index in [0.29, 0.717) is 0 Å². The van der Waals surface area contributed by atoms with Crippen molar-refractivity contribution in [1.29, 1.82) is 0 Å². The van der Waals surface area contributed by atoms with Gasteiger partial charge in [0.2, 0.25) is 0 Å². The van der Waals surface area contributed by atoms with Crippen LogP contribution < -0.4 is 10.6 Å². The number of hydrogen-bond donors (Lipinski definition) is 1. The number of hydrogen-bond acceptors (Lipinski definition) is 2. The van der Waals surface area contributed by atoms with Crippen molar-refractivity contribution >= 4 is 11.4 Å². The number of benzene rings is 1. The summed E-state index contributed by atoms with van der Waals surface area (Å²) in [6.45, 7) is 0. The lowest BCUT2D eigenvalue weighted by molar-refractivity contribution is 0.583. The van der Waals surface area contributed by atoms with Gasteiger partial charge in [0, 0.05) is 19.8 Å². The molecule has 0 saturated carbocycles. The highest BCUT2D eigenvalue weighted by molar-refractivity contribution is 5.54. The minimum Gasteiger partial charge on any atom is -0.399 e. The standard InChI is InChI=1S/C8H10F2N2/c1-12(2)8-6(9)3-5(11)4-7(8)10/h3-4H,11H2,1-2H3. The van der Waals surface area contributed by atoms with Gasteiger partial charge in [-0.2, -0.15) is 0 Å². The number of nitrogens with two attached hydrogens (primary N) is 1. The molecule has 0 spiro atoms. The minimum absolute atomic E-state index is 0.0656. The maximum atomic E-state index is 13.0. The molecule has 0 unspecified atom stereocenters. The molecule has 0 atom stereocenters. The van der Waals surface area contributed by atoms with Crippen LogP contribution in [0.15, 0.2) is 12.1 Å². The second-order valence-corrected chi connectivity index (χ2v) is 2.73. The van der Waals surface area contributed by atoms with E-state index in [1.54, 1.807) is 14.1 Å². The third-order valence-electron chi connectivity index (χ3n) is 1.49. The van der Waals surface area contributed by atoms with E-state index < -0.39 is 11.6 Å². The lowest BCUT2D eigenvalue weighted by Crippen LogP contribution is -2.13. The zero-order valence-corrected chi connectivity index (χ0v) is 6.94. The van der Waals surface area contributed by atoms with Crippen LogP contribution in [0.25, 0.3) is 0 Å². The summed E-state index contributed by atoms with van der Waals surface area (Å²) in [4.78, 5) is 1.37. The summed E-state index contributed by atoms with van der Waals surface area (Å²) >= 11 is 0. The third kappa shape index (κ3) is 1.47. The summed E-state index contributed by atoms with van der Waals surface area (Å²) in [7, 11) is 3.13. The monoisotopic (exact) mass is 172 g/mol. The lowest BCUT2D eigenvalue weighted by atomic mass is 10.2. The van der Waals surface area contributed by atoms with Gasteiger partial charge in [-0.15, -0.1) is 0 Å². The SMILES string of the molecule is CN(C)c1c(F)cc(N)cc1F. The molecule has 2 N–H and O–H groups in total. The van der Waals surface area contributed by atoms with Crippen molar-refractivity contribution < 1.29 is 8.78 Å². The fraction of sp³-hybridized carbons (Fsp3) is 0.250. The van der Waals surface area contributed by atoms with Crippen LogP contribution in [0.4, 0.5) is 20.2 Å². The van der Waals surface area contributed by atoms with Gasteiger partial charge in [0.25, 0.3) is 0 Å². The molecule has 0 radical (unpaired) electrons. The molecule has 0 fully saturated rings. The minimum atomic E-state index is -0.641. The molecule has 12 heavy (non-hydrogen) atoms. The smallest absolute Gasteiger partial charge is 0.151 e. The molecule has 0 aliphatic carbocycles.